The molecular weight excluding hydrogens is 460 g/mol. The fraction of sp³-hybridized carbons (Fsp3) is 0.357. The number of rotatable bonds is 6. The third-order valence-electron chi connectivity index (χ3n) is 7.68. The van der Waals surface area contributed by atoms with Gasteiger partial charge in [-0.25, -0.2) is 4.90 Å². The number of hydrogen-bond acceptors (Lipinski definition) is 6. The molecule has 6 rings (SSSR count). The molecule has 2 aliphatic heterocycles. The summed E-state index contributed by atoms with van der Waals surface area (Å²) < 4.78 is 11.0. The Labute approximate surface area is 208 Å². The first-order chi connectivity index (χ1) is 17.4. The van der Waals surface area contributed by atoms with Gasteiger partial charge in [0.15, 0.2) is 0 Å². The van der Waals surface area contributed by atoms with Crippen LogP contribution in [0.1, 0.15) is 19.8 Å². The van der Waals surface area contributed by atoms with Gasteiger partial charge in [0.2, 0.25) is 17.7 Å². The Morgan fingerprint density at radius 3 is 2.28 bits per heavy atom. The molecule has 184 valence electrons. The van der Waals surface area contributed by atoms with E-state index in [1.807, 2.05) is 6.92 Å². The third-order valence-corrected chi connectivity index (χ3v) is 7.68. The van der Waals surface area contributed by atoms with Gasteiger partial charge < -0.3 is 14.4 Å². The van der Waals surface area contributed by atoms with Crippen LogP contribution in [0, 0.1) is 29.6 Å². The summed E-state index contributed by atoms with van der Waals surface area (Å²) in [4.78, 5) is 54.5. The molecule has 5 atom stereocenters. The average molecular weight is 487 g/mol. The number of hydrogen-bond donors (Lipinski definition) is 0. The van der Waals surface area contributed by atoms with E-state index in [4.69, 9.17) is 9.47 Å². The van der Waals surface area contributed by atoms with Crippen LogP contribution in [-0.4, -0.2) is 36.8 Å². The van der Waals surface area contributed by atoms with Crippen molar-refractivity contribution in [2.45, 2.75) is 19.8 Å². The molecule has 3 fully saturated rings. The number of carbonyl (C=O) groups is 4. The fourth-order valence-electron chi connectivity index (χ4n) is 6.05. The highest BCUT2D eigenvalue weighted by Crippen LogP contribution is 2.53. The summed E-state index contributed by atoms with van der Waals surface area (Å²) in [6.07, 6.45) is 5.02. The van der Waals surface area contributed by atoms with E-state index in [9.17, 15) is 19.2 Å². The van der Waals surface area contributed by atoms with Gasteiger partial charge in [-0.3, -0.25) is 19.2 Å². The van der Waals surface area contributed by atoms with E-state index in [0.29, 0.717) is 23.7 Å². The molecule has 2 aromatic carbocycles. The number of allylic oxidation sites excluding steroid dienone is 2. The number of imide groups is 1. The first-order valence-electron chi connectivity index (χ1n) is 12.4. The van der Waals surface area contributed by atoms with Gasteiger partial charge in [-0.2, -0.15) is 0 Å². The number of nitrogens with zero attached hydrogens (tertiary/aromatic N) is 2. The van der Waals surface area contributed by atoms with Crippen molar-refractivity contribution in [3.8, 4) is 11.5 Å². The predicted octanol–water partition coefficient (Wildman–Crippen LogP) is 3.36. The van der Waals surface area contributed by atoms with Crippen LogP contribution in [0.25, 0.3) is 0 Å². The summed E-state index contributed by atoms with van der Waals surface area (Å²) in [6.45, 7) is 2.67. The number of anilines is 2. The maximum Gasteiger partial charge on any atom is 0.316 e. The van der Waals surface area contributed by atoms with Crippen molar-refractivity contribution in [2.75, 3.05) is 23.0 Å². The molecular formula is C28H26N2O6. The third kappa shape index (κ3) is 3.59. The van der Waals surface area contributed by atoms with E-state index in [2.05, 4.69) is 12.2 Å². The van der Waals surface area contributed by atoms with Crippen LogP contribution in [0.4, 0.5) is 11.4 Å². The zero-order valence-corrected chi connectivity index (χ0v) is 19.8. The second kappa shape index (κ2) is 8.62. The summed E-state index contributed by atoms with van der Waals surface area (Å²) >= 11 is 0. The molecule has 8 heteroatoms. The Kier molecular flexibility index (Phi) is 5.39. The standard InChI is InChI=1S/C28H26N2O6/c1-2-35-21-10-8-19(9-11-21)29-15-18(13-23(29)31)28(34)36-22-5-3-4-20(14-22)30-26(32)24-16-6-7-17(12-16)25(24)27(30)33/h3-11,14,16-18,24-25H,2,12-13,15H2,1H3/t16-,17-,18+,24-,25-/m0/s1. The number of ether oxygens (including phenoxy) is 2. The molecule has 1 saturated carbocycles. The van der Waals surface area contributed by atoms with Gasteiger partial charge in [0, 0.05) is 24.7 Å². The lowest BCUT2D eigenvalue weighted by Gasteiger charge is -2.18. The van der Waals surface area contributed by atoms with Crippen LogP contribution in [-0.2, 0) is 19.2 Å². The Morgan fingerprint density at radius 2 is 1.61 bits per heavy atom. The molecule has 8 nitrogen and oxygen atoms in total. The van der Waals surface area contributed by atoms with Gasteiger partial charge in [0.05, 0.1) is 30.0 Å². The number of carbonyl (C=O) groups excluding carboxylic acids is 4. The Balaban J connectivity index is 1.14. The maximum atomic E-state index is 13.1. The molecule has 0 aromatic heterocycles. The predicted molar refractivity (Wildman–Crippen MR) is 130 cm³/mol. The van der Waals surface area contributed by atoms with E-state index in [0.717, 1.165) is 6.42 Å². The van der Waals surface area contributed by atoms with E-state index in [1.165, 1.54) is 4.90 Å². The van der Waals surface area contributed by atoms with Gasteiger partial charge in [-0.15, -0.1) is 0 Å². The molecule has 0 unspecified atom stereocenters. The minimum Gasteiger partial charge on any atom is -0.494 e. The van der Waals surface area contributed by atoms with Crippen LogP contribution >= 0.6 is 0 Å². The zero-order chi connectivity index (χ0) is 25.0. The van der Waals surface area contributed by atoms with E-state index >= 15 is 0 Å². The van der Waals surface area contributed by atoms with Crippen molar-refractivity contribution in [3.63, 3.8) is 0 Å². The van der Waals surface area contributed by atoms with Gasteiger partial charge in [-0.05, 0) is 61.6 Å². The topological polar surface area (TPSA) is 93.2 Å². The smallest absolute Gasteiger partial charge is 0.316 e. The highest BCUT2D eigenvalue weighted by molar-refractivity contribution is 6.22. The van der Waals surface area contributed by atoms with Crippen LogP contribution in [0.15, 0.2) is 60.7 Å². The maximum absolute atomic E-state index is 13.1. The molecule has 0 radical (unpaired) electrons. The summed E-state index contributed by atoms with van der Waals surface area (Å²) in [5, 5.41) is 0. The molecule has 36 heavy (non-hydrogen) atoms. The first kappa shape index (κ1) is 22.5. The van der Waals surface area contributed by atoms with Crippen molar-refractivity contribution >= 4 is 35.1 Å². The Hall–Kier alpha value is -3.94. The minimum atomic E-state index is -0.621. The van der Waals surface area contributed by atoms with Crippen LogP contribution < -0.4 is 19.3 Å². The molecule has 2 saturated heterocycles. The van der Waals surface area contributed by atoms with Gasteiger partial charge in [0.25, 0.3) is 0 Å². The molecule has 3 amide bonds. The van der Waals surface area contributed by atoms with E-state index in [-0.39, 0.29) is 60.1 Å². The number of fused-ring (bicyclic) bond motifs is 5. The van der Waals surface area contributed by atoms with Crippen molar-refractivity contribution < 1.29 is 28.7 Å². The monoisotopic (exact) mass is 486 g/mol. The second-order valence-corrected chi connectivity index (χ2v) is 9.76. The molecule has 2 heterocycles. The Morgan fingerprint density at radius 1 is 0.917 bits per heavy atom. The lowest BCUT2D eigenvalue weighted by atomic mass is 9.85. The molecule has 0 N–H and O–H groups in total. The van der Waals surface area contributed by atoms with Gasteiger partial charge in [-0.1, -0.05) is 18.2 Å². The quantitative estimate of drug-likeness (QED) is 0.269. The average Bonchev–Trinajstić information content (AvgIpc) is 3.63. The van der Waals surface area contributed by atoms with Crippen molar-refractivity contribution in [1.82, 2.24) is 0 Å². The van der Waals surface area contributed by atoms with Crippen LogP contribution in [0.2, 0.25) is 0 Å². The summed E-state index contributed by atoms with van der Waals surface area (Å²) in [5.74, 6) is -1.05. The summed E-state index contributed by atoms with van der Waals surface area (Å²) in [5.41, 5.74) is 1.10. The normalized spacial score (nSPS) is 28.2. The fourth-order valence-corrected chi connectivity index (χ4v) is 6.05. The van der Waals surface area contributed by atoms with Gasteiger partial charge >= 0.3 is 5.97 Å². The first-order valence-corrected chi connectivity index (χ1v) is 12.4. The summed E-state index contributed by atoms with van der Waals surface area (Å²) in [7, 11) is 0. The SMILES string of the molecule is CCOc1ccc(N2C[C@H](C(=O)Oc3cccc(N4C(=O)[C@@H]5[C@@H](C4=O)[C@H]4C=C[C@H]5C4)c3)CC2=O)cc1. The Bertz CT molecular complexity index is 1260. The van der Waals surface area contributed by atoms with Crippen LogP contribution in [0.5, 0.6) is 11.5 Å². The highest BCUT2D eigenvalue weighted by atomic mass is 16.5. The van der Waals surface area contributed by atoms with Crippen molar-refractivity contribution in [1.29, 1.82) is 0 Å². The van der Waals surface area contributed by atoms with Crippen LogP contribution in [0.3, 0.4) is 0 Å². The van der Waals surface area contributed by atoms with Gasteiger partial charge in [0.1, 0.15) is 11.5 Å². The molecule has 2 aliphatic carbocycles. The van der Waals surface area contributed by atoms with Crippen molar-refractivity contribution in [2.24, 2.45) is 29.6 Å². The molecule has 2 bridgehead atoms. The molecule has 4 aliphatic rings. The highest BCUT2D eigenvalue weighted by Gasteiger charge is 2.59. The molecule has 0 spiro atoms. The lowest BCUT2D eigenvalue weighted by molar-refractivity contribution is -0.139. The van der Waals surface area contributed by atoms with E-state index < -0.39 is 11.9 Å². The van der Waals surface area contributed by atoms with Crippen molar-refractivity contribution in [3.05, 3.63) is 60.7 Å². The zero-order valence-electron chi connectivity index (χ0n) is 19.8. The largest absolute Gasteiger partial charge is 0.494 e. The molecule has 2 aromatic rings. The second-order valence-electron chi connectivity index (χ2n) is 9.76. The summed E-state index contributed by atoms with van der Waals surface area (Å²) in [6, 6.07) is 13.7. The number of benzene rings is 2. The number of amides is 3. The minimum absolute atomic E-state index is 0.0496. The van der Waals surface area contributed by atoms with E-state index in [1.54, 1.807) is 53.4 Å². The lowest BCUT2D eigenvalue weighted by Crippen LogP contribution is -2.32. The number of esters is 1.